The highest BCUT2D eigenvalue weighted by Crippen LogP contribution is 2.26. The highest BCUT2D eigenvalue weighted by Gasteiger charge is 2.31. The van der Waals surface area contributed by atoms with E-state index >= 15 is 0 Å². The molecule has 0 N–H and O–H groups in total. The van der Waals surface area contributed by atoms with Crippen LogP contribution in [0, 0.1) is 5.92 Å². The van der Waals surface area contributed by atoms with Crippen LogP contribution in [-0.4, -0.2) is 34.7 Å². The van der Waals surface area contributed by atoms with Crippen LogP contribution in [0.3, 0.4) is 0 Å². The van der Waals surface area contributed by atoms with Crippen LogP contribution in [0.15, 0.2) is 77.5 Å². The van der Waals surface area contributed by atoms with E-state index in [1.807, 2.05) is 64.4 Å². The lowest BCUT2D eigenvalue weighted by molar-refractivity contribution is -0.138. The third kappa shape index (κ3) is 4.87. The predicted molar refractivity (Wildman–Crippen MR) is 135 cm³/mol. The maximum Gasteiger partial charge on any atom is 0.254 e. The summed E-state index contributed by atoms with van der Waals surface area (Å²) in [5, 5.41) is 6.17. The molecule has 0 bridgehead atoms. The summed E-state index contributed by atoms with van der Waals surface area (Å²) >= 11 is 3.37. The number of carbonyl (C=O) groups is 2. The van der Waals surface area contributed by atoms with Crippen molar-refractivity contribution < 1.29 is 9.59 Å². The lowest BCUT2D eigenvalue weighted by atomic mass is 9.94. The van der Waals surface area contributed by atoms with Gasteiger partial charge < -0.3 is 9.80 Å². The highest BCUT2D eigenvalue weighted by atomic mass is 32.1. The number of carbonyl (C=O) groups excluding carboxylic acids is 2. The highest BCUT2D eigenvalue weighted by molar-refractivity contribution is 7.10. The molecule has 1 aliphatic rings. The third-order valence-electron chi connectivity index (χ3n) is 6.32. The minimum atomic E-state index is -0.0403. The Hall–Kier alpha value is -2.96. The Balaban J connectivity index is 1.27. The molecular formula is C27H26N2O2S2. The van der Waals surface area contributed by atoms with Crippen LogP contribution in [0.25, 0.3) is 10.8 Å². The molecule has 1 saturated heterocycles. The van der Waals surface area contributed by atoms with Crippen LogP contribution in [0.5, 0.6) is 0 Å². The van der Waals surface area contributed by atoms with Crippen LogP contribution in [0.1, 0.15) is 33.0 Å². The van der Waals surface area contributed by atoms with Gasteiger partial charge in [-0.25, -0.2) is 0 Å². The van der Waals surface area contributed by atoms with Gasteiger partial charge in [-0.05, 0) is 52.6 Å². The fraction of sp³-hybridized carbons (Fsp3) is 0.259. The fourth-order valence-electron chi connectivity index (χ4n) is 4.56. The number of thiophene rings is 2. The van der Waals surface area contributed by atoms with Gasteiger partial charge in [0.15, 0.2) is 0 Å². The average Bonchev–Trinajstić information content (AvgIpc) is 3.57. The molecule has 0 spiro atoms. The number of benzene rings is 2. The zero-order valence-electron chi connectivity index (χ0n) is 18.4. The molecule has 5 rings (SSSR count). The Labute approximate surface area is 202 Å². The molecule has 6 heteroatoms. The number of hydrogen-bond acceptors (Lipinski definition) is 4. The maximum atomic E-state index is 13.5. The van der Waals surface area contributed by atoms with E-state index in [-0.39, 0.29) is 17.7 Å². The quantitative estimate of drug-likeness (QED) is 0.342. The van der Waals surface area contributed by atoms with Gasteiger partial charge in [0, 0.05) is 34.3 Å². The molecule has 0 aliphatic carbocycles. The number of likely N-dealkylation sites (tertiary alicyclic amines) is 1. The summed E-state index contributed by atoms with van der Waals surface area (Å²) in [6, 6.07) is 22.1. The second-order valence-electron chi connectivity index (χ2n) is 8.45. The van der Waals surface area contributed by atoms with E-state index in [4.69, 9.17) is 0 Å². The van der Waals surface area contributed by atoms with Crippen molar-refractivity contribution in [2.75, 3.05) is 13.1 Å². The number of nitrogens with zero attached hydrogens (tertiary/aromatic N) is 2. The summed E-state index contributed by atoms with van der Waals surface area (Å²) in [5.74, 6) is 0.224. The minimum absolute atomic E-state index is 0.0403. The molecule has 0 unspecified atom stereocenters. The molecular weight excluding hydrogens is 448 g/mol. The Kier molecular flexibility index (Phi) is 6.55. The topological polar surface area (TPSA) is 40.6 Å². The fourth-order valence-corrected chi connectivity index (χ4v) is 6.00. The van der Waals surface area contributed by atoms with Crippen molar-refractivity contribution >= 4 is 45.3 Å². The summed E-state index contributed by atoms with van der Waals surface area (Å²) in [6.45, 7) is 2.52. The van der Waals surface area contributed by atoms with E-state index in [1.54, 1.807) is 22.7 Å². The number of amides is 2. The SMILES string of the molecule is O=C(c1cccc2ccccc12)N1CCC(C(=O)N(Cc2cccs2)Cc2cccs2)CC1. The van der Waals surface area contributed by atoms with E-state index < -0.39 is 0 Å². The first-order chi connectivity index (χ1) is 16.2. The van der Waals surface area contributed by atoms with Crippen molar-refractivity contribution in [3.63, 3.8) is 0 Å². The van der Waals surface area contributed by atoms with Crippen LogP contribution < -0.4 is 0 Å². The molecule has 0 saturated carbocycles. The standard InChI is InChI=1S/C27H26N2O2S2/c30-26(29(18-22-8-4-16-32-22)19-23-9-5-17-33-23)21-12-14-28(15-13-21)27(31)25-11-3-7-20-6-1-2-10-24(20)25/h1-11,16-17,21H,12-15,18-19H2. The van der Waals surface area contributed by atoms with E-state index in [1.165, 1.54) is 9.75 Å². The Morgan fingerprint density at radius 3 is 2.09 bits per heavy atom. The van der Waals surface area contributed by atoms with Gasteiger partial charge in [0.1, 0.15) is 0 Å². The molecule has 2 amide bonds. The molecule has 0 atom stereocenters. The first kappa shape index (κ1) is 21.9. The molecule has 3 heterocycles. The summed E-state index contributed by atoms with van der Waals surface area (Å²) in [6.07, 6.45) is 1.42. The number of piperidine rings is 1. The van der Waals surface area contributed by atoms with Gasteiger partial charge in [0.2, 0.25) is 5.91 Å². The zero-order valence-corrected chi connectivity index (χ0v) is 20.0. The molecule has 2 aromatic heterocycles. The molecule has 1 fully saturated rings. The molecule has 33 heavy (non-hydrogen) atoms. The Morgan fingerprint density at radius 2 is 1.45 bits per heavy atom. The van der Waals surface area contributed by atoms with E-state index in [9.17, 15) is 9.59 Å². The smallest absolute Gasteiger partial charge is 0.254 e. The molecule has 2 aromatic carbocycles. The van der Waals surface area contributed by atoms with E-state index in [0.29, 0.717) is 39.0 Å². The van der Waals surface area contributed by atoms with Crippen molar-refractivity contribution in [2.45, 2.75) is 25.9 Å². The first-order valence-electron chi connectivity index (χ1n) is 11.3. The summed E-state index contributed by atoms with van der Waals surface area (Å²) < 4.78 is 0. The minimum Gasteiger partial charge on any atom is -0.339 e. The van der Waals surface area contributed by atoms with Gasteiger partial charge in [0.25, 0.3) is 5.91 Å². The van der Waals surface area contributed by atoms with Gasteiger partial charge >= 0.3 is 0 Å². The normalized spacial score (nSPS) is 14.5. The molecule has 4 nitrogen and oxygen atoms in total. The first-order valence-corrected chi connectivity index (χ1v) is 13.1. The van der Waals surface area contributed by atoms with Gasteiger partial charge in [-0.3, -0.25) is 9.59 Å². The van der Waals surface area contributed by atoms with Crippen LogP contribution >= 0.6 is 22.7 Å². The lowest BCUT2D eigenvalue weighted by Crippen LogP contribution is -2.44. The van der Waals surface area contributed by atoms with E-state index in [2.05, 4.69) is 22.9 Å². The Bertz CT molecular complexity index is 1180. The molecule has 0 radical (unpaired) electrons. The van der Waals surface area contributed by atoms with Gasteiger partial charge in [-0.1, -0.05) is 48.5 Å². The average molecular weight is 475 g/mol. The van der Waals surface area contributed by atoms with Gasteiger partial charge in [-0.15, -0.1) is 22.7 Å². The van der Waals surface area contributed by atoms with Gasteiger partial charge in [0.05, 0.1) is 13.1 Å². The van der Waals surface area contributed by atoms with Gasteiger partial charge in [-0.2, -0.15) is 0 Å². The zero-order chi connectivity index (χ0) is 22.6. The van der Waals surface area contributed by atoms with Crippen LogP contribution in [-0.2, 0) is 17.9 Å². The summed E-state index contributed by atoms with van der Waals surface area (Å²) in [4.78, 5) is 33.1. The Morgan fingerprint density at radius 1 is 0.818 bits per heavy atom. The lowest BCUT2D eigenvalue weighted by Gasteiger charge is -2.34. The summed E-state index contributed by atoms with van der Waals surface area (Å²) in [5.41, 5.74) is 0.745. The van der Waals surface area contributed by atoms with Crippen LogP contribution in [0.2, 0.25) is 0 Å². The summed E-state index contributed by atoms with van der Waals surface area (Å²) in [7, 11) is 0. The molecule has 168 valence electrons. The van der Waals surface area contributed by atoms with Crippen molar-refractivity contribution in [1.29, 1.82) is 0 Å². The predicted octanol–water partition coefficient (Wildman–Crippen LogP) is 6.04. The number of hydrogen-bond donors (Lipinski definition) is 0. The van der Waals surface area contributed by atoms with Crippen molar-refractivity contribution in [3.8, 4) is 0 Å². The monoisotopic (exact) mass is 474 g/mol. The van der Waals surface area contributed by atoms with Crippen molar-refractivity contribution in [3.05, 3.63) is 92.8 Å². The largest absolute Gasteiger partial charge is 0.339 e. The van der Waals surface area contributed by atoms with Crippen molar-refractivity contribution in [1.82, 2.24) is 9.80 Å². The van der Waals surface area contributed by atoms with Crippen LogP contribution in [0.4, 0.5) is 0 Å². The molecule has 1 aliphatic heterocycles. The number of rotatable bonds is 6. The van der Waals surface area contributed by atoms with Crippen molar-refractivity contribution in [2.24, 2.45) is 5.92 Å². The third-order valence-corrected chi connectivity index (χ3v) is 8.04. The molecule has 4 aromatic rings. The number of fused-ring (bicyclic) bond motifs is 1. The maximum absolute atomic E-state index is 13.5. The second-order valence-corrected chi connectivity index (χ2v) is 10.5. The van der Waals surface area contributed by atoms with E-state index in [0.717, 1.165) is 16.3 Å². The second kappa shape index (κ2) is 9.89.